The zero-order valence-corrected chi connectivity index (χ0v) is 13.7. The number of anilines is 1. The third-order valence-electron chi connectivity index (χ3n) is 3.63. The van der Waals surface area contributed by atoms with Crippen molar-refractivity contribution in [2.45, 2.75) is 0 Å². The molecule has 0 radical (unpaired) electrons. The molecule has 4 aromatic rings. The minimum atomic E-state index is -0.350. The third-order valence-corrected chi connectivity index (χ3v) is 4.45. The molecule has 0 fully saturated rings. The van der Waals surface area contributed by atoms with Gasteiger partial charge in [-0.15, -0.1) is 16.4 Å². The van der Waals surface area contributed by atoms with Gasteiger partial charge < -0.3 is 0 Å². The highest BCUT2D eigenvalue weighted by molar-refractivity contribution is 7.15. The van der Waals surface area contributed by atoms with Gasteiger partial charge in [0.05, 0.1) is 17.3 Å². The molecule has 0 aliphatic heterocycles. The van der Waals surface area contributed by atoms with E-state index in [-0.39, 0.29) is 11.9 Å². The van der Waals surface area contributed by atoms with Crippen LogP contribution in [0.2, 0.25) is 0 Å². The minimum absolute atomic E-state index is 0.233. The number of aromatic nitrogens is 3. The maximum atomic E-state index is 12.3. The number of carbonyl (C=O) groups is 1. The average Bonchev–Trinajstić information content (AvgIpc) is 3.22. The summed E-state index contributed by atoms with van der Waals surface area (Å²) in [4.78, 5) is 17.4. The number of fused-ring (bicyclic) bond motifs is 1. The molecule has 0 aliphatic rings. The van der Waals surface area contributed by atoms with Gasteiger partial charge in [-0.1, -0.05) is 36.4 Å². The Balaban J connectivity index is 1.63. The lowest BCUT2D eigenvalue weighted by molar-refractivity contribution is 0.102. The summed E-state index contributed by atoms with van der Waals surface area (Å²) in [5.74, 6) is -0.118. The maximum absolute atomic E-state index is 12.3. The van der Waals surface area contributed by atoms with Gasteiger partial charge in [0.25, 0.3) is 11.9 Å². The molecule has 0 atom stereocenters. The molecule has 0 saturated heterocycles. The molecular formula is C18H11N5OS. The Morgan fingerprint density at radius 3 is 2.80 bits per heavy atom. The molecule has 2 aromatic carbocycles. The Morgan fingerprint density at radius 1 is 1.16 bits per heavy atom. The van der Waals surface area contributed by atoms with Crippen molar-refractivity contribution >= 4 is 28.2 Å². The largest absolute Gasteiger partial charge is 0.289 e. The van der Waals surface area contributed by atoms with Crippen LogP contribution in [0.15, 0.2) is 60.0 Å². The van der Waals surface area contributed by atoms with Crippen LogP contribution in [0, 0.1) is 11.3 Å². The summed E-state index contributed by atoms with van der Waals surface area (Å²) < 4.78 is 1.71. The molecule has 25 heavy (non-hydrogen) atoms. The quantitative estimate of drug-likeness (QED) is 0.615. The van der Waals surface area contributed by atoms with E-state index in [4.69, 9.17) is 5.26 Å². The van der Waals surface area contributed by atoms with Gasteiger partial charge in [-0.25, -0.2) is 4.52 Å². The van der Waals surface area contributed by atoms with Crippen LogP contribution in [0.1, 0.15) is 15.9 Å². The van der Waals surface area contributed by atoms with E-state index < -0.39 is 0 Å². The Kier molecular flexibility index (Phi) is 3.72. The zero-order chi connectivity index (χ0) is 17.2. The smallest absolute Gasteiger partial charge is 0.258 e. The normalized spacial score (nSPS) is 10.5. The highest BCUT2D eigenvalue weighted by Gasteiger charge is 2.14. The lowest BCUT2D eigenvalue weighted by Crippen LogP contribution is -2.13. The molecule has 0 unspecified atom stereocenters. The van der Waals surface area contributed by atoms with Crippen LogP contribution in [0.5, 0.6) is 0 Å². The highest BCUT2D eigenvalue weighted by atomic mass is 32.1. The minimum Gasteiger partial charge on any atom is -0.289 e. The fraction of sp³-hybridized carbons (Fsp3) is 0. The van der Waals surface area contributed by atoms with E-state index in [0.717, 1.165) is 11.3 Å². The standard InChI is InChI=1S/C18H11N5OS/c19-10-12-5-4-8-14(9-12)16(24)20-17-21-18-23(22-17)15(11-25-18)13-6-2-1-3-7-13/h1-9,11H,(H,20,22,24). The van der Waals surface area contributed by atoms with Crippen LogP contribution in [0.4, 0.5) is 5.95 Å². The van der Waals surface area contributed by atoms with E-state index in [1.807, 2.05) is 41.8 Å². The first-order valence-electron chi connectivity index (χ1n) is 7.46. The summed E-state index contributed by atoms with van der Waals surface area (Å²) >= 11 is 1.45. The molecular weight excluding hydrogens is 334 g/mol. The van der Waals surface area contributed by atoms with Crippen LogP contribution in [0.25, 0.3) is 16.2 Å². The van der Waals surface area contributed by atoms with E-state index in [1.54, 1.807) is 22.7 Å². The van der Waals surface area contributed by atoms with Crippen molar-refractivity contribution in [2.24, 2.45) is 0 Å². The van der Waals surface area contributed by atoms with Crippen molar-refractivity contribution in [3.8, 4) is 17.3 Å². The molecule has 7 heteroatoms. The number of hydrogen-bond acceptors (Lipinski definition) is 5. The first-order valence-corrected chi connectivity index (χ1v) is 8.34. The van der Waals surface area contributed by atoms with E-state index >= 15 is 0 Å². The van der Waals surface area contributed by atoms with Gasteiger partial charge in [0, 0.05) is 16.5 Å². The van der Waals surface area contributed by atoms with Gasteiger partial charge in [0.1, 0.15) is 0 Å². The van der Waals surface area contributed by atoms with Gasteiger partial charge in [0.15, 0.2) is 0 Å². The number of benzene rings is 2. The number of nitrogens with one attached hydrogen (secondary N) is 1. The van der Waals surface area contributed by atoms with E-state index in [0.29, 0.717) is 16.1 Å². The van der Waals surface area contributed by atoms with Crippen molar-refractivity contribution < 1.29 is 4.79 Å². The summed E-state index contributed by atoms with van der Waals surface area (Å²) in [6.07, 6.45) is 0. The van der Waals surface area contributed by atoms with Gasteiger partial charge in [-0.05, 0) is 18.2 Å². The van der Waals surface area contributed by atoms with Crippen molar-refractivity contribution in [1.82, 2.24) is 14.6 Å². The third kappa shape index (κ3) is 2.86. The van der Waals surface area contributed by atoms with Crippen LogP contribution in [-0.4, -0.2) is 20.5 Å². The molecule has 0 spiro atoms. The van der Waals surface area contributed by atoms with Crippen molar-refractivity contribution in [3.05, 3.63) is 71.1 Å². The highest BCUT2D eigenvalue weighted by Crippen LogP contribution is 2.25. The van der Waals surface area contributed by atoms with Gasteiger partial charge in [-0.2, -0.15) is 10.2 Å². The lowest BCUT2D eigenvalue weighted by Gasteiger charge is -2.01. The van der Waals surface area contributed by atoms with Gasteiger partial charge in [-0.3, -0.25) is 10.1 Å². The fourth-order valence-corrected chi connectivity index (χ4v) is 3.28. The summed E-state index contributed by atoms with van der Waals surface area (Å²) in [5.41, 5.74) is 2.76. The van der Waals surface area contributed by atoms with Crippen molar-refractivity contribution in [2.75, 3.05) is 5.32 Å². The molecule has 0 bridgehead atoms. The van der Waals surface area contributed by atoms with Crippen molar-refractivity contribution in [1.29, 1.82) is 5.26 Å². The van der Waals surface area contributed by atoms with Gasteiger partial charge in [0.2, 0.25) is 4.96 Å². The van der Waals surface area contributed by atoms with E-state index in [1.165, 1.54) is 17.4 Å². The molecule has 2 heterocycles. The number of carbonyl (C=O) groups excluding carboxylic acids is 1. The molecule has 6 nitrogen and oxygen atoms in total. The first kappa shape index (κ1) is 15.1. The molecule has 1 amide bonds. The summed E-state index contributed by atoms with van der Waals surface area (Å²) in [5, 5.41) is 18.0. The average molecular weight is 345 g/mol. The topological polar surface area (TPSA) is 83.1 Å². The maximum Gasteiger partial charge on any atom is 0.258 e. The second-order valence-corrected chi connectivity index (χ2v) is 6.10. The predicted octanol–water partition coefficient (Wildman–Crippen LogP) is 3.58. The Hall–Kier alpha value is -3.50. The Bertz CT molecular complexity index is 1110. The van der Waals surface area contributed by atoms with E-state index in [2.05, 4.69) is 15.4 Å². The number of thiazole rings is 1. The van der Waals surface area contributed by atoms with Crippen molar-refractivity contribution in [3.63, 3.8) is 0 Å². The molecule has 4 rings (SSSR count). The number of hydrogen-bond donors (Lipinski definition) is 1. The predicted molar refractivity (Wildman–Crippen MR) is 95.4 cm³/mol. The second kappa shape index (κ2) is 6.19. The van der Waals surface area contributed by atoms with E-state index in [9.17, 15) is 4.79 Å². The summed E-state index contributed by atoms with van der Waals surface area (Å²) in [6.45, 7) is 0. The summed E-state index contributed by atoms with van der Waals surface area (Å²) in [6, 6.07) is 18.4. The second-order valence-electron chi connectivity index (χ2n) is 5.26. The van der Waals surface area contributed by atoms with Crippen LogP contribution in [-0.2, 0) is 0 Å². The Morgan fingerprint density at radius 2 is 2.00 bits per heavy atom. The van der Waals surface area contributed by atoms with Crippen LogP contribution < -0.4 is 5.32 Å². The van der Waals surface area contributed by atoms with Crippen LogP contribution >= 0.6 is 11.3 Å². The number of amides is 1. The number of nitrogens with zero attached hydrogens (tertiary/aromatic N) is 4. The van der Waals surface area contributed by atoms with Crippen LogP contribution in [0.3, 0.4) is 0 Å². The number of rotatable bonds is 3. The molecule has 1 N–H and O–H groups in total. The first-order chi connectivity index (χ1) is 12.2. The molecule has 120 valence electrons. The monoisotopic (exact) mass is 345 g/mol. The SMILES string of the molecule is N#Cc1cccc(C(=O)Nc2nc3scc(-c4ccccc4)n3n2)c1. The Labute approximate surface area is 147 Å². The molecule has 2 aromatic heterocycles. The summed E-state index contributed by atoms with van der Waals surface area (Å²) in [7, 11) is 0. The zero-order valence-electron chi connectivity index (χ0n) is 12.9. The number of nitriles is 1. The van der Waals surface area contributed by atoms with Gasteiger partial charge >= 0.3 is 0 Å². The lowest BCUT2D eigenvalue weighted by atomic mass is 10.1. The molecule has 0 aliphatic carbocycles. The molecule has 0 saturated carbocycles. The fourth-order valence-electron chi connectivity index (χ4n) is 2.45.